The van der Waals surface area contributed by atoms with Crippen molar-refractivity contribution in [3.8, 4) is 0 Å². The van der Waals surface area contributed by atoms with Crippen molar-refractivity contribution in [1.29, 1.82) is 0 Å². The molecule has 1 aliphatic carbocycles. The summed E-state index contributed by atoms with van der Waals surface area (Å²) in [6.45, 7) is 1.99. The normalized spacial score (nSPS) is 17.9. The lowest BCUT2D eigenvalue weighted by atomic mass is 9.89. The van der Waals surface area contributed by atoms with Crippen LogP contribution in [0.3, 0.4) is 0 Å². The van der Waals surface area contributed by atoms with Gasteiger partial charge in [-0.1, -0.05) is 19.3 Å². The molecule has 1 aromatic rings. The third-order valence-corrected chi connectivity index (χ3v) is 3.08. The second kappa shape index (κ2) is 5.81. The number of hydrogen-bond acceptors (Lipinski definition) is 3. The summed E-state index contributed by atoms with van der Waals surface area (Å²) in [6.07, 6.45) is 12.3. The Bertz CT molecular complexity index is 267. The molecule has 1 N–H and O–H groups in total. The molecule has 3 nitrogen and oxygen atoms in total. The minimum absolute atomic E-state index is 0.852. The molecule has 0 aromatic carbocycles. The largest absolute Gasteiger partial charge is 0.311 e. The highest BCUT2D eigenvalue weighted by Crippen LogP contribution is 2.22. The molecule has 3 heteroatoms. The van der Waals surface area contributed by atoms with Gasteiger partial charge in [0.2, 0.25) is 0 Å². The standard InChI is InChI=1S/C12H19N3/c1-2-4-11(5-3-1)8-14-10-12-9-13-6-7-15-12/h6-7,9,11,14H,1-5,8,10H2. The first-order valence-electron chi connectivity index (χ1n) is 5.91. The molecule has 1 saturated carbocycles. The van der Waals surface area contributed by atoms with Gasteiger partial charge in [0.15, 0.2) is 0 Å². The van der Waals surface area contributed by atoms with Gasteiger partial charge in [-0.15, -0.1) is 0 Å². The molecule has 0 spiro atoms. The van der Waals surface area contributed by atoms with E-state index in [1.54, 1.807) is 12.4 Å². The van der Waals surface area contributed by atoms with E-state index in [1.165, 1.54) is 32.1 Å². The van der Waals surface area contributed by atoms with E-state index in [9.17, 15) is 0 Å². The lowest BCUT2D eigenvalue weighted by Crippen LogP contribution is -2.24. The molecular formula is C12H19N3. The molecule has 0 aliphatic heterocycles. The second-order valence-electron chi connectivity index (χ2n) is 4.33. The highest BCUT2D eigenvalue weighted by molar-refractivity contribution is 4.93. The van der Waals surface area contributed by atoms with Crippen molar-refractivity contribution >= 4 is 0 Å². The van der Waals surface area contributed by atoms with Crippen molar-refractivity contribution in [2.24, 2.45) is 5.92 Å². The number of aromatic nitrogens is 2. The predicted molar refractivity (Wildman–Crippen MR) is 60.3 cm³/mol. The van der Waals surface area contributed by atoms with Crippen LogP contribution < -0.4 is 5.32 Å². The molecule has 2 rings (SSSR count). The molecule has 0 radical (unpaired) electrons. The fourth-order valence-electron chi connectivity index (χ4n) is 2.22. The first-order chi connectivity index (χ1) is 7.45. The fraction of sp³-hybridized carbons (Fsp3) is 0.667. The SMILES string of the molecule is c1cnc(CNCC2CCCCC2)cn1. The van der Waals surface area contributed by atoms with Crippen molar-refractivity contribution in [2.75, 3.05) is 6.54 Å². The van der Waals surface area contributed by atoms with Crippen molar-refractivity contribution in [2.45, 2.75) is 38.6 Å². The topological polar surface area (TPSA) is 37.8 Å². The van der Waals surface area contributed by atoms with Crippen molar-refractivity contribution in [3.63, 3.8) is 0 Å². The molecule has 1 aromatic heterocycles. The highest BCUT2D eigenvalue weighted by Gasteiger charge is 2.12. The smallest absolute Gasteiger partial charge is 0.0724 e. The molecule has 0 unspecified atom stereocenters. The maximum absolute atomic E-state index is 4.24. The molecule has 15 heavy (non-hydrogen) atoms. The maximum Gasteiger partial charge on any atom is 0.0724 e. The minimum Gasteiger partial charge on any atom is -0.311 e. The zero-order chi connectivity index (χ0) is 10.3. The van der Waals surface area contributed by atoms with Gasteiger partial charge in [0.25, 0.3) is 0 Å². The highest BCUT2D eigenvalue weighted by atomic mass is 14.9. The van der Waals surface area contributed by atoms with Crippen LogP contribution in [0.5, 0.6) is 0 Å². The Morgan fingerprint density at radius 2 is 2.07 bits per heavy atom. The van der Waals surface area contributed by atoms with Gasteiger partial charge in [-0.3, -0.25) is 9.97 Å². The molecule has 1 aliphatic rings. The van der Waals surface area contributed by atoms with Gasteiger partial charge < -0.3 is 5.32 Å². The van der Waals surface area contributed by atoms with Crippen LogP contribution in [0.1, 0.15) is 37.8 Å². The Kier molecular flexibility index (Phi) is 4.09. The van der Waals surface area contributed by atoms with E-state index in [0.29, 0.717) is 0 Å². The Morgan fingerprint density at radius 1 is 1.20 bits per heavy atom. The summed E-state index contributed by atoms with van der Waals surface area (Å²) in [7, 11) is 0. The van der Waals surface area contributed by atoms with Gasteiger partial charge in [0.1, 0.15) is 0 Å². The zero-order valence-electron chi connectivity index (χ0n) is 9.15. The molecular weight excluding hydrogens is 186 g/mol. The molecule has 0 bridgehead atoms. The first kappa shape index (κ1) is 10.6. The predicted octanol–water partition coefficient (Wildman–Crippen LogP) is 2.15. The van der Waals surface area contributed by atoms with Crippen LogP contribution in [-0.4, -0.2) is 16.5 Å². The summed E-state index contributed by atoms with van der Waals surface area (Å²) in [6, 6.07) is 0. The lowest BCUT2D eigenvalue weighted by molar-refractivity contribution is 0.341. The van der Waals surface area contributed by atoms with Crippen molar-refractivity contribution in [1.82, 2.24) is 15.3 Å². The second-order valence-corrected chi connectivity index (χ2v) is 4.33. The Labute approximate surface area is 91.3 Å². The third kappa shape index (κ3) is 3.59. The van der Waals surface area contributed by atoms with E-state index < -0.39 is 0 Å². The molecule has 0 amide bonds. The van der Waals surface area contributed by atoms with Gasteiger partial charge >= 0.3 is 0 Å². The van der Waals surface area contributed by atoms with E-state index >= 15 is 0 Å². The van der Waals surface area contributed by atoms with Gasteiger partial charge in [0, 0.05) is 25.1 Å². The average molecular weight is 205 g/mol. The number of rotatable bonds is 4. The van der Waals surface area contributed by atoms with Crippen LogP contribution in [0.2, 0.25) is 0 Å². The average Bonchev–Trinajstić information content (AvgIpc) is 2.32. The van der Waals surface area contributed by atoms with Crippen LogP contribution >= 0.6 is 0 Å². The molecule has 1 heterocycles. The third-order valence-electron chi connectivity index (χ3n) is 3.08. The van der Waals surface area contributed by atoms with E-state index in [1.807, 2.05) is 6.20 Å². The lowest BCUT2D eigenvalue weighted by Gasteiger charge is -2.21. The number of nitrogens with one attached hydrogen (secondary N) is 1. The molecule has 0 saturated heterocycles. The van der Waals surface area contributed by atoms with E-state index in [0.717, 1.165) is 24.7 Å². The maximum atomic E-state index is 4.24. The fourth-order valence-corrected chi connectivity index (χ4v) is 2.22. The number of hydrogen-bond donors (Lipinski definition) is 1. The summed E-state index contributed by atoms with van der Waals surface area (Å²) < 4.78 is 0. The van der Waals surface area contributed by atoms with Crippen molar-refractivity contribution in [3.05, 3.63) is 24.3 Å². The van der Waals surface area contributed by atoms with E-state index in [-0.39, 0.29) is 0 Å². The zero-order valence-corrected chi connectivity index (χ0v) is 9.15. The molecule has 0 atom stereocenters. The van der Waals surface area contributed by atoms with E-state index in [2.05, 4.69) is 15.3 Å². The summed E-state index contributed by atoms with van der Waals surface area (Å²) in [5, 5.41) is 3.47. The van der Waals surface area contributed by atoms with Crippen LogP contribution in [0.25, 0.3) is 0 Å². The summed E-state index contributed by atoms with van der Waals surface area (Å²) in [5.41, 5.74) is 1.04. The number of nitrogens with zero attached hydrogens (tertiary/aromatic N) is 2. The van der Waals surface area contributed by atoms with Gasteiger partial charge in [0.05, 0.1) is 5.69 Å². The van der Waals surface area contributed by atoms with Crippen LogP contribution in [-0.2, 0) is 6.54 Å². The monoisotopic (exact) mass is 205 g/mol. The van der Waals surface area contributed by atoms with Crippen LogP contribution in [0, 0.1) is 5.92 Å². The molecule has 82 valence electrons. The Hall–Kier alpha value is -0.960. The van der Waals surface area contributed by atoms with Gasteiger partial charge in [-0.25, -0.2) is 0 Å². The Morgan fingerprint density at radius 3 is 2.80 bits per heavy atom. The quantitative estimate of drug-likeness (QED) is 0.818. The van der Waals surface area contributed by atoms with Crippen LogP contribution in [0.4, 0.5) is 0 Å². The summed E-state index contributed by atoms with van der Waals surface area (Å²) in [5.74, 6) is 0.885. The van der Waals surface area contributed by atoms with E-state index in [4.69, 9.17) is 0 Å². The summed E-state index contributed by atoms with van der Waals surface area (Å²) >= 11 is 0. The Balaban J connectivity index is 1.66. The first-order valence-corrected chi connectivity index (χ1v) is 5.91. The molecule has 1 fully saturated rings. The van der Waals surface area contributed by atoms with Gasteiger partial charge in [-0.05, 0) is 25.3 Å². The van der Waals surface area contributed by atoms with Crippen LogP contribution in [0.15, 0.2) is 18.6 Å². The summed E-state index contributed by atoms with van der Waals surface area (Å²) in [4.78, 5) is 8.28. The minimum atomic E-state index is 0.852. The van der Waals surface area contributed by atoms with Gasteiger partial charge in [-0.2, -0.15) is 0 Å². The van der Waals surface area contributed by atoms with Crippen molar-refractivity contribution < 1.29 is 0 Å².